The Labute approximate surface area is 91.7 Å². The highest BCUT2D eigenvalue weighted by Gasteiger charge is 2.31. The Bertz CT molecular complexity index is 288. The smallest absolute Gasteiger partial charge is 0.0314 e. The summed E-state index contributed by atoms with van der Waals surface area (Å²) in [5.74, 6) is 0.893. The summed E-state index contributed by atoms with van der Waals surface area (Å²) >= 11 is 5.41. The summed E-state index contributed by atoms with van der Waals surface area (Å²) in [6, 6.07) is 3.00. The first-order valence-corrected chi connectivity index (χ1v) is 6.26. The predicted molar refractivity (Wildman–Crippen MR) is 61.2 cm³/mol. The van der Waals surface area contributed by atoms with Gasteiger partial charge < -0.3 is 5.32 Å². The van der Waals surface area contributed by atoms with Crippen LogP contribution >= 0.6 is 27.3 Å². The standard InChI is InChI=1S/C10H14BrNS/c1-6-3-10(6)12-5-8-4-9(11)7(2)13-8/h4,6,10,12H,3,5H2,1-2H3. The third-order valence-corrected chi connectivity index (χ3v) is 4.69. The lowest BCUT2D eigenvalue weighted by molar-refractivity contribution is 0.658. The van der Waals surface area contributed by atoms with E-state index in [0.29, 0.717) is 0 Å². The molecule has 1 aliphatic rings. The van der Waals surface area contributed by atoms with E-state index in [2.05, 4.69) is 41.2 Å². The molecule has 0 saturated heterocycles. The van der Waals surface area contributed by atoms with Crippen molar-refractivity contribution in [2.45, 2.75) is 32.9 Å². The molecule has 0 aromatic carbocycles. The van der Waals surface area contributed by atoms with Crippen molar-refractivity contribution < 1.29 is 0 Å². The Morgan fingerprint density at radius 1 is 1.69 bits per heavy atom. The van der Waals surface area contributed by atoms with Gasteiger partial charge >= 0.3 is 0 Å². The quantitative estimate of drug-likeness (QED) is 0.879. The zero-order chi connectivity index (χ0) is 9.42. The molecule has 1 fully saturated rings. The highest BCUT2D eigenvalue weighted by atomic mass is 79.9. The molecule has 1 aromatic rings. The molecule has 2 unspecified atom stereocenters. The van der Waals surface area contributed by atoms with E-state index in [1.807, 2.05) is 11.3 Å². The lowest BCUT2D eigenvalue weighted by atomic mass is 10.4. The maximum absolute atomic E-state index is 3.55. The maximum Gasteiger partial charge on any atom is 0.0314 e. The zero-order valence-electron chi connectivity index (χ0n) is 7.93. The Hall–Kier alpha value is 0.140. The number of hydrogen-bond acceptors (Lipinski definition) is 2. The summed E-state index contributed by atoms with van der Waals surface area (Å²) in [7, 11) is 0. The van der Waals surface area contributed by atoms with E-state index in [-0.39, 0.29) is 0 Å². The highest BCUT2D eigenvalue weighted by Crippen LogP contribution is 2.31. The Kier molecular flexibility index (Phi) is 2.77. The van der Waals surface area contributed by atoms with Crippen LogP contribution in [0.15, 0.2) is 10.5 Å². The van der Waals surface area contributed by atoms with Crippen molar-refractivity contribution >= 4 is 27.3 Å². The SMILES string of the molecule is Cc1sc(CNC2CC2C)cc1Br. The van der Waals surface area contributed by atoms with Crippen molar-refractivity contribution in [3.8, 4) is 0 Å². The molecule has 1 N–H and O–H groups in total. The fraction of sp³-hybridized carbons (Fsp3) is 0.600. The molecule has 0 radical (unpaired) electrons. The average molecular weight is 260 g/mol. The molecule has 0 spiro atoms. The van der Waals surface area contributed by atoms with Crippen LogP contribution in [0.2, 0.25) is 0 Å². The van der Waals surface area contributed by atoms with Gasteiger partial charge in [0.15, 0.2) is 0 Å². The predicted octanol–water partition coefficient (Wildman–Crippen LogP) is 3.32. The zero-order valence-corrected chi connectivity index (χ0v) is 10.3. The molecule has 0 bridgehead atoms. The van der Waals surface area contributed by atoms with Crippen LogP contribution in [0.4, 0.5) is 0 Å². The number of thiophene rings is 1. The summed E-state index contributed by atoms with van der Waals surface area (Å²) in [5, 5.41) is 3.55. The van der Waals surface area contributed by atoms with Crippen LogP contribution in [-0.4, -0.2) is 6.04 Å². The number of hydrogen-bond donors (Lipinski definition) is 1. The molecule has 13 heavy (non-hydrogen) atoms. The van der Waals surface area contributed by atoms with Crippen molar-refractivity contribution in [1.82, 2.24) is 5.32 Å². The first kappa shape index (κ1) is 9.69. The number of aryl methyl sites for hydroxylation is 1. The molecule has 1 saturated carbocycles. The van der Waals surface area contributed by atoms with Crippen LogP contribution in [-0.2, 0) is 6.54 Å². The largest absolute Gasteiger partial charge is 0.309 e. The van der Waals surface area contributed by atoms with Crippen LogP contribution in [0, 0.1) is 12.8 Å². The third kappa shape index (κ3) is 2.33. The molecule has 1 aliphatic carbocycles. The van der Waals surface area contributed by atoms with E-state index in [4.69, 9.17) is 0 Å². The van der Waals surface area contributed by atoms with Crippen LogP contribution in [0.5, 0.6) is 0 Å². The van der Waals surface area contributed by atoms with Gasteiger partial charge in [0.05, 0.1) is 0 Å². The minimum Gasteiger partial charge on any atom is -0.309 e. The Morgan fingerprint density at radius 3 is 2.85 bits per heavy atom. The molecule has 2 rings (SSSR count). The number of halogens is 1. The molecule has 1 aromatic heterocycles. The van der Waals surface area contributed by atoms with Gasteiger partial charge in [0.2, 0.25) is 0 Å². The van der Waals surface area contributed by atoms with Gasteiger partial charge in [0.25, 0.3) is 0 Å². The van der Waals surface area contributed by atoms with E-state index >= 15 is 0 Å². The van der Waals surface area contributed by atoms with Gasteiger partial charge in [-0.3, -0.25) is 0 Å². The highest BCUT2D eigenvalue weighted by molar-refractivity contribution is 9.10. The van der Waals surface area contributed by atoms with Crippen LogP contribution in [0.1, 0.15) is 23.1 Å². The van der Waals surface area contributed by atoms with Crippen molar-refractivity contribution in [3.63, 3.8) is 0 Å². The van der Waals surface area contributed by atoms with E-state index in [9.17, 15) is 0 Å². The molecule has 3 heteroatoms. The average Bonchev–Trinajstić information content (AvgIpc) is 2.68. The molecular weight excluding hydrogens is 246 g/mol. The maximum atomic E-state index is 3.55. The second kappa shape index (κ2) is 3.71. The molecule has 0 amide bonds. The summed E-state index contributed by atoms with van der Waals surface area (Å²) in [6.07, 6.45) is 1.35. The number of rotatable bonds is 3. The van der Waals surface area contributed by atoms with Gasteiger partial charge in [-0.2, -0.15) is 0 Å². The van der Waals surface area contributed by atoms with Crippen molar-refractivity contribution in [1.29, 1.82) is 0 Å². The molecular formula is C10H14BrNS. The van der Waals surface area contributed by atoms with Gasteiger partial charge in [-0.1, -0.05) is 6.92 Å². The molecule has 1 heterocycles. The van der Waals surface area contributed by atoms with Crippen LogP contribution < -0.4 is 5.32 Å². The van der Waals surface area contributed by atoms with Crippen molar-refractivity contribution in [3.05, 3.63) is 20.3 Å². The normalized spacial score (nSPS) is 26.4. The first-order valence-electron chi connectivity index (χ1n) is 4.65. The molecule has 72 valence electrons. The summed E-state index contributed by atoms with van der Waals surface area (Å²) in [6.45, 7) is 5.48. The Morgan fingerprint density at radius 2 is 2.38 bits per heavy atom. The van der Waals surface area contributed by atoms with Crippen LogP contribution in [0.3, 0.4) is 0 Å². The second-order valence-corrected chi connectivity index (χ2v) is 6.01. The Balaban J connectivity index is 1.87. The number of nitrogens with one attached hydrogen (secondary N) is 1. The summed E-state index contributed by atoms with van der Waals surface area (Å²) < 4.78 is 1.25. The van der Waals surface area contributed by atoms with Crippen molar-refractivity contribution in [2.24, 2.45) is 5.92 Å². The molecule has 0 aliphatic heterocycles. The summed E-state index contributed by atoms with van der Waals surface area (Å²) in [4.78, 5) is 2.81. The fourth-order valence-electron chi connectivity index (χ4n) is 1.44. The molecule has 1 nitrogen and oxygen atoms in total. The van der Waals surface area contributed by atoms with Gasteiger partial charge in [-0.05, 0) is 41.3 Å². The fourth-order valence-corrected chi connectivity index (χ4v) is 3.00. The van der Waals surface area contributed by atoms with E-state index in [0.717, 1.165) is 18.5 Å². The minimum atomic E-state index is 0.779. The van der Waals surface area contributed by atoms with Gasteiger partial charge in [0.1, 0.15) is 0 Å². The van der Waals surface area contributed by atoms with E-state index in [1.54, 1.807) is 0 Å². The summed E-state index contributed by atoms with van der Waals surface area (Å²) in [5.41, 5.74) is 0. The topological polar surface area (TPSA) is 12.0 Å². The monoisotopic (exact) mass is 259 g/mol. The lowest BCUT2D eigenvalue weighted by Crippen LogP contribution is -2.16. The molecule has 2 atom stereocenters. The first-order chi connectivity index (χ1) is 6.16. The minimum absolute atomic E-state index is 0.779. The lowest BCUT2D eigenvalue weighted by Gasteiger charge is -1.98. The van der Waals surface area contributed by atoms with Gasteiger partial charge in [-0.15, -0.1) is 11.3 Å². The second-order valence-electron chi connectivity index (χ2n) is 3.82. The van der Waals surface area contributed by atoms with Gasteiger partial charge in [0, 0.05) is 26.8 Å². The van der Waals surface area contributed by atoms with E-state index in [1.165, 1.54) is 20.6 Å². The van der Waals surface area contributed by atoms with Crippen molar-refractivity contribution in [2.75, 3.05) is 0 Å². The third-order valence-electron chi connectivity index (χ3n) is 2.56. The van der Waals surface area contributed by atoms with Gasteiger partial charge in [-0.25, -0.2) is 0 Å². The van der Waals surface area contributed by atoms with E-state index < -0.39 is 0 Å². The van der Waals surface area contributed by atoms with Crippen LogP contribution in [0.25, 0.3) is 0 Å².